The summed E-state index contributed by atoms with van der Waals surface area (Å²) in [7, 11) is 0. The summed E-state index contributed by atoms with van der Waals surface area (Å²) in [5.41, 5.74) is 1.44. The summed E-state index contributed by atoms with van der Waals surface area (Å²) < 4.78 is 5.46. The van der Waals surface area contributed by atoms with Crippen molar-refractivity contribution in [3.8, 4) is 5.75 Å². The number of carbonyl (C=O) groups excluding carboxylic acids is 1. The van der Waals surface area contributed by atoms with E-state index in [0.29, 0.717) is 0 Å². The highest BCUT2D eigenvalue weighted by atomic mass is 16.6. The van der Waals surface area contributed by atoms with Crippen molar-refractivity contribution in [3.63, 3.8) is 0 Å². The molecule has 0 unspecified atom stereocenters. The monoisotopic (exact) mass is 328 g/mol. The van der Waals surface area contributed by atoms with Gasteiger partial charge in [0.2, 0.25) is 0 Å². The molecule has 1 amide bonds. The van der Waals surface area contributed by atoms with Crippen molar-refractivity contribution in [2.45, 2.75) is 26.8 Å². The van der Waals surface area contributed by atoms with Crippen LogP contribution in [0.3, 0.4) is 0 Å². The average molecular weight is 328 g/mol. The maximum absolute atomic E-state index is 12.6. The Labute approximate surface area is 140 Å². The van der Waals surface area contributed by atoms with E-state index in [1.807, 2.05) is 51.1 Å². The van der Waals surface area contributed by atoms with Gasteiger partial charge in [-0.3, -0.25) is 14.9 Å². The van der Waals surface area contributed by atoms with Crippen LogP contribution >= 0.6 is 0 Å². The van der Waals surface area contributed by atoms with Crippen molar-refractivity contribution in [2.75, 3.05) is 11.5 Å². The first-order valence-electron chi connectivity index (χ1n) is 7.65. The molecule has 0 aromatic heterocycles. The molecule has 0 saturated heterocycles. The first-order chi connectivity index (χ1) is 11.4. The van der Waals surface area contributed by atoms with Gasteiger partial charge in [-0.2, -0.15) is 0 Å². The van der Waals surface area contributed by atoms with Crippen LogP contribution in [0.25, 0.3) is 0 Å². The molecular weight excluding hydrogens is 308 g/mol. The number of rotatable bonds is 6. The fraction of sp³-hybridized carbons (Fsp3) is 0.278. The number of nitrogens with zero attached hydrogens (tertiary/aromatic N) is 2. The Kier molecular flexibility index (Phi) is 5.52. The zero-order chi connectivity index (χ0) is 17.7. The van der Waals surface area contributed by atoms with Crippen LogP contribution in [0.4, 0.5) is 11.4 Å². The van der Waals surface area contributed by atoms with Gasteiger partial charge >= 0.3 is 5.69 Å². The molecule has 0 heterocycles. The van der Waals surface area contributed by atoms with E-state index in [9.17, 15) is 14.9 Å². The van der Waals surface area contributed by atoms with Crippen LogP contribution in [0.5, 0.6) is 5.75 Å². The lowest BCUT2D eigenvalue weighted by atomic mass is 10.2. The normalized spacial score (nSPS) is 10.5. The third-order valence-electron chi connectivity index (χ3n) is 3.48. The van der Waals surface area contributed by atoms with Gasteiger partial charge in [0.15, 0.2) is 12.4 Å². The van der Waals surface area contributed by atoms with Crippen LogP contribution < -0.4 is 9.64 Å². The number of ether oxygens (including phenoxy) is 1. The summed E-state index contributed by atoms with van der Waals surface area (Å²) in [6.07, 6.45) is 0. The van der Waals surface area contributed by atoms with Crippen LogP contribution in [0.15, 0.2) is 48.5 Å². The van der Waals surface area contributed by atoms with Gasteiger partial charge in [-0.25, -0.2) is 0 Å². The molecule has 0 fully saturated rings. The molecular formula is C18H20N2O4. The molecule has 0 aliphatic carbocycles. The maximum Gasteiger partial charge on any atom is 0.310 e. The summed E-state index contributed by atoms with van der Waals surface area (Å²) >= 11 is 0. The molecule has 126 valence electrons. The predicted octanol–water partition coefficient (Wildman–Crippen LogP) is 3.72. The van der Waals surface area contributed by atoms with Crippen LogP contribution in [0, 0.1) is 17.0 Å². The predicted molar refractivity (Wildman–Crippen MR) is 92.4 cm³/mol. The topological polar surface area (TPSA) is 72.7 Å². The first-order valence-corrected chi connectivity index (χ1v) is 7.65. The Hall–Kier alpha value is -2.89. The molecule has 2 aromatic carbocycles. The number of nitro groups is 1. The number of nitro benzene ring substituents is 1. The molecule has 0 spiro atoms. The molecule has 0 aliphatic heterocycles. The van der Waals surface area contributed by atoms with E-state index in [-0.39, 0.29) is 30.0 Å². The van der Waals surface area contributed by atoms with E-state index < -0.39 is 4.92 Å². The van der Waals surface area contributed by atoms with Gasteiger partial charge in [0.1, 0.15) is 0 Å². The molecule has 6 nitrogen and oxygen atoms in total. The van der Waals surface area contributed by atoms with E-state index >= 15 is 0 Å². The molecule has 0 aliphatic rings. The summed E-state index contributed by atoms with van der Waals surface area (Å²) in [5.74, 6) is -0.155. The largest absolute Gasteiger partial charge is 0.477 e. The maximum atomic E-state index is 12.6. The number of benzene rings is 2. The van der Waals surface area contributed by atoms with Crippen molar-refractivity contribution in [2.24, 2.45) is 0 Å². The second-order valence-corrected chi connectivity index (χ2v) is 5.71. The summed E-state index contributed by atoms with van der Waals surface area (Å²) in [6.45, 7) is 5.35. The minimum absolute atomic E-state index is 0.0593. The Balaban J connectivity index is 2.17. The highest BCUT2D eigenvalue weighted by molar-refractivity contribution is 5.95. The molecule has 0 bridgehead atoms. The molecule has 2 aromatic rings. The van der Waals surface area contributed by atoms with Crippen molar-refractivity contribution in [1.82, 2.24) is 0 Å². The van der Waals surface area contributed by atoms with Crippen molar-refractivity contribution < 1.29 is 14.5 Å². The number of anilines is 1. The summed E-state index contributed by atoms with van der Waals surface area (Å²) in [6, 6.07) is 13.8. The number of hydrogen-bond acceptors (Lipinski definition) is 4. The molecule has 24 heavy (non-hydrogen) atoms. The number of amides is 1. The fourth-order valence-corrected chi connectivity index (χ4v) is 2.42. The standard InChI is InChI=1S/C18H20N2O4/c1-13(2)19(15-7-5-4-6-8-15)18(21)12-24-17-11-14(3)9-10-16(17)20(22)23/h4-11,13H,12H2,1-3H3. The van der Waals surface area contributed by atoms with Crippen LogP contribution in [0.1, 0.15) is 19.4 Å². The second-order valence-electron chi connectivity index (χ2n) is 5.71. The van der Waals surface area contributed by atoms with Gasteiger partial charge in [0.05, 0.1) is 4.92 Å². The van der Waals surface area contributed by atoms with Gasteiger partial charge in [0.25, 0.3) is 5.91 Å². The quantitative estimate of drug-likeness (QED) is 0.598. The van der Waals surface area contributed by atoms with Crippen molar-refractivity contribution in [1.29, 1.82) is 0 Å². The average Bonchev–Trinajstić information content (AvgIpc) is 2.53. The number of aryl methyl sites for hydroxylation is 1. The fourth-order valence-electron chi connectivity index (χ4n) is 2.42. The SMILES string of the molecule is Cc1ccc([N+](=O)[O-])c(OCC(=O)N(c2ccccc2)C(C)C)c1. The zero-order valence-corrected chi connectivity index (χ0v) is 13.9. The highest BCUT2D eigenvalue weighted by Gasteiger charge is 2.21. The van der Waals surface area contributed by atoms with Crippen LogP contribution in [-0.4, -0.2) is 23.5 Å². The second kappa shape index (κ2) is 7.59. The van der Waals surface area contributed by atoms with Gasteiger partial charge in [-0.15, -0.1) is 0 Å². The Morgan fingerprint density at radius 2 is 1.88 bits per heavy atom. The molecule has 0 saturated carbocycles. The van der Waals surface area contributed by atoms with Crippen LogP contribution in [0.2, 0.25) is 0 Å². The van der Waals surface area contributed by atoms with E-state index in [0.717, 1.165) is 11.3 Å². The van der Waals surface area contributed by atoms with E-state index in [2.05, 4.69) is 0 Å². The molecule has 2 rings (SSSR count). The molecule has 0 radical (unpaired) electrons. The molecule has 6 heteroatoms. The summed E-state index contributed by atoms with van der Waals surface area (Å²) in [5, 5.41) is 11.1. The lowest BCUT2D eigenvalue weighted by Gasteiger charge is -2.26. The van der Waals surface area contributed by atoms with Gasteiger partial charge in [-0.1, -0.05) is 24.3 Å². The zero-order valence-electron chi connectivity index (χ0n) is 13.9. The van der Waals surface area contributed by atoms with Gasteiger partial charge in [-0.05, 0) is 44.5 Å². The Bertz CT molecular complexity index is 729. The van der Waals surface area contributed by atoms with Crippen molar-refractivity contribution >= 4 is 17.3 Å². The van der Waals surface area contributed by atoms with Crippen LogP contribution in [-0.2, 0) is 4.79 Å². The third-order valence-corrected chi connectivity index (χ3v) is 3.48. The Morgan fingerprint density at radius 1 is 1.21 bits per heavy atom. The smallest absolute Gasteiger partial charge is 0.310 e. The Morgan fingerprint density at radius 3 is 2.46 bits per heavy atom. The van der Waals surface area contributed by atoms with E-state index in [1.54, 1.807) is 17.0 Å². The minimum atomic E-state index is -0.517. The molecule has 0 atom stereocenters. The number of carbonyl (C=O) groups is 1. The van der Waals surface area contributed by atoms with E-state index in [1.165, 1.54) is 6.07 Å². The van der Waals surface area contributed by atoms with Crippen molar-refractivity contribution in [3.05, 3.63) is 64.2 Å². The molecule has 0 N–H and O–H groups in total. The van der Waals surface area contributed by atoms with E-state index in [4.69, 9.17) is 4.74 Å². The lowest BCUT2D eigenvalue weighted by Crippen LogP contribution is -2.40. The highest BCUT2D eigenvalue weighted by Crippen LogP contribution is 2.28. The third kappa shape index (κ3) is 4.10. The van der Waals surface area contributed by atoms with Gasteiger partial charge in [0, 0.05) is 17.8 Å². The van der Waals surface area contributed by atoms with Gasteiger partial charge < -0.3 is 9.64 Å². The first kappa shape index (κ1) is 17.5. The summed E-state index contributed by atoms with van der Waals surface area (Å²) in [4.78, 5) is 24.7. The minimum Gasteiger partial charge on any atom is -0.477 e. The number of para-hydroxylation sites is 1. The number of hydrogen-bond donors (Lipinski definition) is 0. The lowest BCUT2D eigenvalue weighted by molar-refractivity contribution is -0.385.